The Bertz CT molecular complexity index is 636. The Hall–Kier alpha value is -2.50. The highest BCUT2D eigenvalue weighted by Crippen LogP contribution is 2.28. The molecule has 0 aliphatic rings. The van der Waals surface area contributed by atoms with Gasteiger partial charge in [-0.1, -0.05) is 6.07 Å². The lowest BCUT2D eigenvalue weighted by Crippen LogP contribution is -2.04. The lowest BCUT2D eigenvalue weighted by molar-refractivity contribution is 0.0595. The van der Waals surface area contributed by atoms with Crippen LogP contribution in [-0.2, 0) is 4.74 Å². The number of carbonyl (C=O) groups is 1. The molecule has 0 N–H and O–H groups in total. The van der Waals surface area contributed by atoms with Gasteiger partial charge in [-0.05, 0) is 24.3 Å². The third-order valence-electron chi connectivity index (χ3n) is 2.48. The van der Waals surface area contributed by atoms with E-state index in [2.05, 4.69) is 4.74 Å². The second kappa shape index (κ2) is 5.64. The lowest BCUT2D eigenvalue weighted by atomic mass is 10.2. The Labute approximate surface area is 112 Å². The predicted octanol–water partition coefficient (Wildman–Crippen LogP) is 3.68. The van der Waals surface area contributed by atoms with Crippen molar-refractivity contribution in [3.8, 4) is 11.5 Å². The Morgan fingerprint density at radius 1 is 1.00 bits per heavy atom. The van der Waals surface area contributed by atoms with E-state index in [9.17, 15) is 18.0 Å². The summed E-state index contributed by atoms with van der Waals surface area (Å²) in [6.45, 7) is 0. The number of hydrogen-bond acceptors (Lipinski definition) is 3. The zero-order chi connectivity index (χ0) is 14.7. The second-order valence-electron chi connectivity index (χ2n) is 3.79. The van der Waals surface area contributed by atoms with Gasteiger partial charge in [0.05, 0.1) is 12.7 Å². The van der Waals surface area contributed by atoms with Crippen LogP contribution >= 0.6 is 0 Å². The number of carbonyl (C=O) groups excluding carboxylic acids is 1. The minimum Gasteiger partial charge on any atom is -0.465 e. The van der Waals surface area contributed by atoms with Crippen LogP contribution < -0.4 is 4.74 Å². The molecule has 0 heterocycles. The van der Waals surface area contributed by atoms with Crippen molar-refractivity contribution in [3.05, 3.63) is 59.4 Å². The molecule has 0 atom stereocenters. The molecule has 0 amide bonds. The number of rotatable bonds is 3. The van der Waals surface area contributed by atoms with Crippen molar-refractivity contribution in [2.75, 3.05) is 7.11 Å². The topological polar surface area (TPSA) is 35.5 Å². The zero-order valence-corrected chi connectivity index (χ0v) is 10.3. The first-order valence-electron chi connectivity index (χ1n) is 5.52. The van der Waals surface area contributed by atoms with E-state index in [1.165, 1.54) is 12.1 Å². The number of benzene rings is 2. The van der Waals surface area contributed by atoms with Crippen LogP contribution in [0.4, 0.5) is 13.2 Å². The summed E-state index contributed by atoms with van der Waals surface area (Å²) in [6, 6.07) is 6.36. The summed E-state index contributed by atoms with van der Waals surface area (Å²) >= 11 is 0. The molecule has 0 spiro atoms. The van der Waals surface area contributed by atoms with Crippen LogP contribution in [0.25, 0.3) is 0 Å². The third kappa shape index (κ3) is 2.74. The minimum absolute atomic E-state index is 0.140. The first kappa shape index (κ1) is 13.9. The fraction of sp³-hybridized carbons (Fsp3) is 0.0714. The normalized spacial score (nSPS) is 10.2. The molecule has 2 aromatic carbocycles. The average Bonchev–Trinajstić information content (AvgIpc) is 2.42. The van der Waals surface area contributed by atoms with Gasteiger partial charge >= 0.3 is 5.97 Å². The van der Waals surface area contributed by atoms with Gasteiger partial charge in [0.15, 0.2) is 17.4 Å². The molecule has 0 bridgehead atoms. The Balaban J connectivity index is 2.32. The highest BCUT2D eigenvalue weighted by atomic mass is 19.1. The highest BCUT2D eigenvalue weighted by molar-refractivity contribution is 5.89. The summed E-state index contributed by atoms with van der Waals surface area (Å²) in [4.78, 5) is 11.2. The smallest absolute Gasteiger partial charge is 0.340 e. The molecule has 0 aliphatic carbocycles. The number of para-hydroxylation sites is 1. The number of hydrogen-bond donors (Lipinski definition) is 0. The summed E-state index contributed by atoms with van der Waals surface area (Å²) < 4.78 is 49.7. The number of methoxy groups -OCH3 is 1. The molecule has 0 saturated heterocycles. The van der Waals surface area contributed by atoms with E-state index >= 15 is 0 Å². The molecule has 3 nitrogen and oxygen atoms in total. The summed E-state index contributed by atoms with van der Waals surface area (Å²) in [7, 11) is 1.11. The summed E-state index contributed by atoms with van der Waals surface area (Å²) in [6.07, 6.45) is 0. The summed E-state index contributed by atoms with van der Waals surface area (Å²) in [5.74, 6) is -4.38. The van der Waals surface area contributed by atoms with Gasteiger partial charge in [-0.3, -0.25) is 0 Å². The summed E-state index contributed by atoms with van der Waals surface area (Å²) in [5, 5.41) is 0. The van der Waals surface area contributed by atoms with Crippen molar-refractivity contribution in [1.29, 1.82) is 0 Å². The van der Waals surface area contributed by atoms with Crippen LogP contribution in [0.1, 0.15) is 10.4 Å². The zero-order valence-electron chi connectivity index (χ0n) is 10.3. The van der Waals surface area contributed by atoms with Gasteiger partial charge in [0.1, 0.15) is 11.6 Å². The van der Waals surface area contributed by atoms with Gasteiger partial charge < -0.3 is 9.47 Å². The molecular weight excluding hydrogens is 273 g/mol. The quantitative estimate of drug-likeness (QED) is 0.805. The van der Waals surface area contributed by atoms with Crippen molar-refractivity contribution in [3.63, 3.8) is 0 Å². The van der Waals surface area contributed by atoms with E-state index in [-0.39, 0.29) is 11.3 Å². The molecule has 104 valence electrons. The van der Waals surface area contributed by atoms with Crippen LogP contribution in [0, 0.1) is 17.5 Å². The average molecular weight is 282 g/mol. The Morgan fingerprint density at radius 2 is 1.65 bits per heavy atom. The largest absolute Gasteiger partial charge is 0.465 e. The molecule has 0 saturated carbocycles. The second-order valence-corrected chi connectivity index (χ2v) is 3.79. The maximum atomic E-state index is 13.6. The van der Waals surface area contributed by atoms with Crippen LogP contribution in [0.3, 0.4) is 0 Å². The van der Waals surface area contributed by atoms with Crippen molar-refractivity contribution in [2.24, 2.45) is 0 Å². The molecule has 20 heavy (non-hydrogen) atoms. The molecular formula is C14H9F3O3. The van der Waals surface area contributed by atoms with Crippen LogP contribution in [0.15, 0.2) is 36.4 Å². The fourth-order valence-electron chi connectivity index (χ4n) is 1.53. The Morgan fingerprint density at radius 3 is 2.20 bits per heavy atom. The predicted molar refractivity (Wildman–Crippen MR) is 64.2 cm³/mol. The SMILES string of the molecule is COC(=O)c1ccc(Oc2c(F)cccc2F)cc1F. The fourth-order valence-corrected chi connectivity index (χ4v) is 1.53. The van der Waals surface area contributed by atoms with Crippen molar-refractivity contribution in [2.45, 2.75) is 0 Å². The molecule has 6 heteroatoms. The molecule has 2 aromatic rings. The van der Waals surface area contributed by atoms with E-state index in [1.807, 2.05) is 0 Å². The van der Waals surface area contributed by atoms with Crippen molar-refractivity contribution < 1.29 is 27.4 Å². The van der Waals surface area contributed by atoms with E-state index in [0.29, 0.717) is 0 Å². The van der Waals surface area contributed by atoms with Gasteiger partial charge in [-0.2, -0.15) is 0 Å². The Kier molecular flexibility index (Phi) is 3.93. The van der Waals surface area contributed by atoms with Gasteiger partial charge in [-0.15, -0.1) is 0 Å². The number of ether oxygens (including phenoxy) is 2. The van der Waals surface area contributed by atoms with E-state index in [0.717, 1.165) is 31.4 Å². The third-order valence-corrected chi connectivity index (χ3v) is 2.48. The van der Waals surface area contributed by atoms with Gasteiger partial charge in [0.2, 0.25) is 0 Å². The first-order valence-corrected chi connectivity index (χ1v) is 5.52. The monoisotopic (exact) mass is 282 g/mol. The standard InChI is InChI=1S/C14H9F3O3/c1-19-14(18)9-6-5-8(7-12(9)17)20-13-10(15)3-2-4-11(13)16/h2-7H,1H3. The van der Waals surface area contributed by atoms with Crippen molar-refractivity contribution >= 4 is 5.97 Å². The lowest BCUT2D eigenvalue weighted by Gasteiger charge is -2.08. The molecule has 0 radical (unpaired) electrons. The molecule has 0 aromatic heterocycles. The van der Waals surface area contributed by atoms with E-state index in [1.54, 1.807) is 0 Å². The van der Waals surface area contributed by atoms with Crippen molar-refractivity contribution in [1.82, 2.24) is 0 Å². The number of halogens is 3. The number of esters is 1. The van der Waals surface area contributed by atoms with Gasteiger partial charge in [0, 0.05) is 6.07 Å². The minimum atomic E-state index is -0.914. The molecule has 0 unspecified atom stereocenters. The van der Waals surface area contributed by atoms with E-state index < -0.39 is 29.2 Å². The molecule has 0 aliphatic heterocycles. The van der Waals surface area contributed by atoms with Crippen LogP contribution in [-0.4, -0.2) is 13.1 Å². The van der Waals surface area contributed by atoms with Crippen LogP contribution in [0.2, 0.25) is 0 Å². The van der Waals surface area contributed by atoms with Gasteiger partial charge in [-0.25, -0.2) is 18.0 Å². The van der Waals surface area contributed by atoms with Crippen LogP contribution in [0.5, 0.6) is 11.5 Å². The van der Waals surface area contributed by atoms with Gasteiger partial charge in [0.25, 0.3) is 0 Å². The maximum absolute atomic E-state index is 13.6. The van der Waals surface area contributed by atoms with E-state index in [4.69, 9.17) is 4.74 Å². The first-order chi connectivity index (χ1) is 9.52. The maximum Gasteiger partial charge on any atom is 0.340 e. The summed E-state index contributed by atoms with van der Waals surface area (Å²) in [5.41, 5.74) is -0.297. The molecule has 0 fully saturated rings. The molecule has 2 rings (SSSR count). The highest BCUT2D eigenvalue weighted by Gasteiger charge is 2.15.